The van der Waals surface area contributed by atoms with Crippen LogP contribution in [-0.2, 0) is 0 Å². The van der Waals surface area contributed by atoms with E-state index in [2.05, 4.69) is 31.1 Å². The minimum absolute atomic E-state index is 0.969. The topological polar surface area (TPSA) is 24.1 Å². The second-order valence-electron chi connectivity index (χ2n) is 3.04. The molecule has 0 aliphatic heterocycles. The smallest absolute Gasteiger partial charge is 0.0912 e. The molecule has 0 aliphatic rings. The molecule has 2 N–H and O–H groups in total. The average Bonchev–Trinajstić information content (AvgIpc) is 2.06. The lowest BCUT2D eigenvalue weighted by atomic mass is 10.3. The lowest BCUT2D eigenvalue weighted by molar-refractivity contribution is 0.629. The summed E-state index contributed by atoms with van der Waals surface area (Å²) in [5.41, 5.74) is 0. The molecule has 0 atom stereocenters. The van der Waals surface area contributed by atoms with Crippen LogP contribution in [0.1, 0.15) is 39.5 Å². The lowest BCUT2D eigenvalue weighted by Crippen LogP contribution is -2.26. The van der Waals surface area contributed by atoms with Gasteiger partial charge in [0.25, 0.3) is 0 Å². The Morgan fingerprint density at radius 3 is 1.75 bits per heavy atom. The van der Waals surface area contributed by atoms with Crippen LogP contribution in [0, 0.1) is 0 Å². The summed E-state index contributed by atoms with van der Waals surface area (Å²) in [4.78, 5) is 0. The zero-order chi connectivity index (χ0) is 9.23. The number of unbranched alkanes of at least 4 members (excludes halogenated alkanes) is 2. The van der Waals surface area contributed by atoms with E-state index in [0.29, 0.717) is 0 Å². The standard InChI is InChI=1S/C10H22N2/c1-4-6-8-11-10(3)12-9-7-5-2/h11-12H,3-9H2,1-2H3. The summed E-state index contributed by atoms with van der Waals surface area (Å²) < 4.78 is 0. The summed E-state index contributed by atoms with van der Waals surface area (Å²) >= 11 is 0. The summed E-state index contributed by atoms with van der Waals surface area (Å²) in [5, 5.41) is 6.47. The van der Waals surface area contributed by atoms with Crippen molar-refractivity contribution in [2.75, 3.05) is 13.1 Å². The van der Waals surface area contributed by atoms with E-state index in [1.54, 1.807) is 0 Å². The molecule has 0 aliphatic carbocycles. The molecule has 0 saturated heterocycles. The van der Waals surface area contributed by atoms with E-state index in [9.17, 15) is 0 Å². The van der Waals surface area contributed by atoms with Crippen molar-refractivity contribution < 1.29 is 0 Å². The molecule has 0 unspecified atom stereocenters. The maximum Gasteiger partial charge on any atom is 0.0912 e. The van der Waals surface area contributed by atoms with Crippen molar-refractivity contribution in [2.45, 2.75) is 39.5 Å². The van der Waals surface area contributed by atoms with Crippen LogP contribution < -0.4 is 10.6 Å². The van der Waals surface area contributed by atoms with Crippen LogP contribution in [0.4, 0.5) is 0 Å². The molecule has 0 heterocycles. The number of nitrogens with one attached hydrogen (secondary N) is 2. The molecule has 0 bridgehead atoms. The molecule has 0 amide bonds. The Kier molecular flexibility index (Phi) is 7.97. The molecule has 2 nitrogen and oxygen atoms in total. The number of hydrogen-bond donors (Lipinski definition) is 2. The van der Waals surface area contributed by atoms with Crippen molar-refractivity contribution >= 4 is 0 Å². The Morgan fingerprint density at radius 2 is 1.42 bits per heavy atom. The molecule has 0 aromatic rings. The van der Waals surface area contributed by atoms with Gasteiger partial charge in [0.05, 0.1) is 5.82 Å². The summed E-state index contributed by atoms with van der Waals surface area (Å²) in [5.74, 6) is 0.969. The molecule has 0 aromatic heterocycles. The molecule has 0 rings (SSSR count). The highest BCUT2D eigenvalue weighted by molar-refractivity contribution is 4.86. The van der Waals surface area contributed by atoms with E-state index >= 15 is 0 Å². The van der Waals surface area contributed by atoms with Gasteiger partial charge in [-0.3, -0.25) is 0 Å². The second kappa shape index (κ2) is 8.44. The Morgan fingerprint density at radius 1 is 1.00 bits per heavy atom. The van der Waals surface area contributed by atoms with Crippen LogP contribution in [0.15, 0.2) is 12.4 Å². The molecule has 2 heteroatoms. The van der Waals surface area contributed by atoms with Gasteiger partial charge in [-0.25, -0.2) is 0 Å². The third-order valence-electron chi connectivity index (χ3n) is 1.74. The fourth-order valence-corrected chi connectivity index (χ4v) is 0.895. The van der Waals surface area contributed by atoms with Crippen LogP contribution in [0.25, 0.3) is 0 Å². The minimum Gasteiger partial charge on any atom is -0.372 e. The normalized spacial score (nSPS) is 9.50. The molecular weight excluding hydrogens is 148 g/mol. The van der Waals surface area contributed by atoms with Gasteiger partial charge >= 0.3 is 0 Å². The van der Waals surface area contributed by atoms with Gasteiger partial charge in [0.1, 0.15) is 0 Å². The highest BCUT2D eigenvalue weighted by Gasteiger charge is 1.89. The number of rotatable bonds is 8. The van der Waals surface area contributed by atoms with E-state index in [0.717, 1.165) is 18.9 Å². The maximum absolute atomic E-state index is 3.88. The second-order valence-corrected chi connectivity index (χ2v) is 3.04. The van der Waals surface area contributed by atoms with E-state index in [1.165, 1.54) is 25.7 Å². The van der Waals surface area contributed by atoms with Gasteiger partial charge in [-0.1, -0.05) is 33.3 Å². The van der Waals surface area contributed by atoms with Crippen molar-refractivity contribution in [3.63, 3.8) is 0 Å². The minimum atomic E-state index is 0.969. The van der Waals surface area contributed by atoms with Crippen LogP contribution in [0.5, 0.6) is 0 Å². The summed E-state index contributed by atoms with van der Waals surface area (Å²) in [6.45, 7) is 10.3. The maximum atomic E-state index is 3.88. The first-order valence-electron chi connectivity index (χ1n) is 4.97. The highest BCUT2D eigenvalue weighted by Crippen LogP contribution is 1.87. The van der Waals surface area contributed by atoms with Gasteiger partial charge in [-0.15, -0.1) is 0 Å². The number of hydrogen-bond acceptors (Lipinski definition) is 2. The fraction of sp³-hybridized carbons (Fsp3) is 0.800. The largest absolute Gasteiger partial charge is 0.372 e. The van der Waals surface area contributed by atoms with Crippen LogP contribution in [0.3, 0.4) is 0 Å². The molecule has 0 radical (unpaired) electrons. The van der Waals surface area contributed by atoms with Crippen molar-refractivity contribution in [3.8, 4) is 0 Å². The molecule has 72 valence electrons. The van der Waals surface area contributed by atoms with Gasteiger partial charge in [0, 0.05) is 13.1 Å². The van der Waals surface area contributed by atoms with Crippen molar-refractivity contribution in [2.24, 2.45) is 0 Å². The Bertz CT molecular complexity index is 98.4. The zero-order valence-corrected chi connectivity index (χ0v) is 8.45. The third-order valence-corrected chi connectivity index (χ3v) is 1.74. The predicted octanol–water partition coefficient (Wildman–Crippen LogP) is 2.24. The van der Waals surface area contributed by atoms with Gasteiger partial charge in [-0.05, 0) is 12.8 Å². The Labute approximate surface area is 76.4 Å². The van der Waals surface area contributed by atoms with Crippen molar-refractivity contribution in [1.82, 2.24) is 10.6 Å². The molecule has 0 aromatic carbocycles. The molecule has 0 spiro atoms. The monoisotopic (exact) mass is 170 g/mol. The SMILES string of the molecule is C=C(NCCCC)NCCCC. The van der Waals surface area contributed by atoms with Gasteiger partial charge in [0.2, 0.25) is 0 Å². The summed E-state index contributed by atoms with van der Waals surface area (Å²) in [6.07, 6.45) is 4.90. The Hall–Kier alpha value is -0.660. The van der Waals surface area contributed by atoms with E-state index in [1.807, 2.05) is 0 Å². The van der Waals surface area contributed by atoms with Crippen LogP contribution in [-0.4, -0.2) is 13.1 Å². The van der Waals surface area contributed by atoms with Gasteiger partial charge < -0.3 is 10.6 Å². The van der Waals surface area contributed by atoms with Crippen LogP contribution >= 0.6 is 0 Å². The van der Waals surface area contributed by atoms with Gasteiger partial charge in [0.15, 0.2) is 0 Å². The van der Waals surface area contributed by atoms with Gasteiger partial charge in [-0.2, -0.15) is 0 Å². The fourth-order valence-electron chi connectivity index (χ4n) is 0.895. The lowest BCUT2D eigenvalue weighted by Gasteiger charge is -2.10. The molecule has 12 heavy (non-hydrogen) atoms. The first-order chi connectivity index (χ1) is 5.81. The third kappa shape index (κ3) is 7.45. The first kappa shape index (κ1) is 11.3. The van der Waals surface area contributed by atoms with E-state index in [-0.39, 0.29) is 0 Å². The molecule has 0 saturated carbocycles. The van der Waals surface area contributed by atoms with Crippen molar-refractivity contribution in [1.29, 1.82) is 0 Å². The first-order valence-corrected chi connectivity index (χ1v) is 4.97. The summed E-state index contributed by atoms with van der Waals surface area (Å²) in [6, 6.07) is 0. The Balaban J connectivity index is 3.10. The summed E-state index contributed by atoms with van der Waals surface area (Å²) in [7, 11) is 0. The van der Waals surface area contributed by atoms with E-state index in [4.69, 9.17) is 0 Å². The molecule has 0 fully saturated rings. The predicted molar refractivity (Wildman–Crippen MR) is 55.0 cm³/mol. The van der Waals surface area contributed by atoms with Crippen molar-refractivity contribution in [3.05, 3.63) is 12.4 Å². The highest BCUT2D eigenvalue weighted by atomic mass is 15.1. The van der Waals surface area contributed by atoms with E-state index < -0.39 is 0 Å². The average molecular weight is 170 g/mol. The van der Waals surface area contributed by atoms with Crippen LogP contribution in [0.2, 0.25) is 0 Å². The molecular formula is C10H22N2. The zero-order valence-electron chi connectivity index (χ0n) is 8.45. The quantitative estimate of drug-likeness (QED) is 0.546.